The van der Waals surface area contributed by atoms with Gasteiger partial charge < -0.3 is 10.5 Å². The van der Waals surface area contributed by atoms with Gasteiger partial charge in [-0.2, -0.15) is 0 Å². The molecule has 1 aliphatic heterocycles. The second-order valence-corrected chi connectivity index (χ2v) is 5.23. The highest BCUT2D eigenvalue weighted by Gasteiger charge is 2.39. The van der Waals surface area contributed by atoms with E-state index >= 15 is 0 Å². The normalized spacial score (nSPS) is 40.3. The van der Waals surface area contributed by atoms with Crippen LogP contribution in [-0.4, -0.2) is 24.6 Å². The van der Waals surface area contributed by atoms with Crippen LogP contribution < -0.4 is 5.73 Å². The van der Waals surface area contributed by atoms with Crippen molar-refractivity contribution in [2.75, 3.05) is 6.54 Å². The topological polar surface area (TPSA) is 47.6 Å². The molecule has 1 heterocycles. The van der Waals surface area contributed by atoms with E-state index in [2.05, 4.69) is 0 Å². The predicted molar refractivity (Wildman–Crippen MR) is 59.8 cm³/mol. The van der Waals surface area contributed by atoms with Gasteiger partial charge in [0, 0.05) is 5.92 Å². The third kappa shape index (κ3) is 1.67. The average Bonchev–Trinajstić information content (AvgIpc) is 2.56. The molecule has 0 aromatic carbocycles. The lowest BCUT2D eigenvalue weighted by molar-refractivity contribution is 0.112. The van der Waals surface area contributed by atoms with Crippen LogP contribution in [-0.2, 0) is 4.74 Å². The first kappa shape index (κ1) is 9.64. The second-order valence-electron chi connectivity index (χ2n) is 5.23. The second kappa shape index (κ2) is 3.78. The lowest BCUT2D eigenvalue weighted by Gasteiger charge is -2.29. The van der Waals surface area contributed by atoms with E-state index in [9.17, 15) is 0 Å². The minimum Gasteiger partial charge on any atom is -0.475 e. The van der Waals surface area contributed by atoms with Gasteiger partial charge in [-0.05, 0) is 44.6 Å². The van der Waals surface area contributed by atoms with Crippen LogP contribution in [0.4, 0.5) is 0 Å². The Balaban J connectivity index is 1.64. The van der Waals surface area contributed by atoms with E-state index in [1.807, 2.05) is 0 Å². The van der Waals surface area contributed by atoms with Crippen LogP contribution in [0.15, 0.2) is 4.99 Å². The number of nitrogens with two attached hydrogens (primary N) is 1. The summed E-state index contributed by atoms with van der Waals surface area (Å²) in [6, 6.07) is 0.461. The van der Waals surface area contributed by atoms with Crippen molar-refractivity contribution in [1.29, 1.82) is 0 Å². The number of rotatable bonds is 2. The summed E-state index contributed by atoms with van der Waals surface area (Å²) in [6.07, 6.45) is 7.85. The zero-order valence-corrected chi connectivity index (χ0v) is 9.19. The summed E-state index contributed by atoms with van der Waals surface area (Å²) in [7, 11) is 0. The Morgan fingerprint density at radius 2 is 2.13 bits per heavy atom. The van der Waals surface area contributed by atoms with Crippen LogP contribution in [0.1, 0.15) is 38.5 Å². The van der Waals surface area contributed by atoms with Crippen LogP contribution in [0.25, 0.3) is 0 Å². The highest BCUT2D eigenvalue weighted by molar-refractivity contribution is 5.81. The highest BCUT2D eigenvalue weighted by atomic mass is 16.5. The molecule has 0 amide bonds. The summed E-state index contributed by atoms with van der Waals surface area (Å²) in [5.41, 5.74) is 5.72. The highest BCUT2D eigenvalue weighted by Crippen LogP contribution is 2.37. The molecule has 15 heavy (non-hydrogen) atoms. The Morgan fingerprint density at radius 1 is 1.27 bits per heavy atom. The van der Waals surface area contributed by atoms with E-state index in [1.54, 1.807) is 0 Å². The first-order chi connectivity index (χ1) is 7.36. The van der Waals surface area contributed by atoms with E-state index in [1.165, 1.54) is 32.1 Å². The summed E-state index contributed by atoms with van der Waals surface area (Å²) in [5.74, 6) is 2.41. The molecule has 2 saturated carbocycles. The molecular formula is C12H20N2O. The van der Waals surface area contributed by atoms with E-state index in [-0.39, 0.29) is 0 Å². The van der Waals surface area contributed by atoms with Crippen LogP contribution in [0.3, 0.4) is 0 Å². The molecule has 3 atom stereocenters. The smallest absolute Gasteiger partial charge is 0.187 e. The van der Waals surface area contributed by atoms with Gasteiger partial charge in [0.05, 0.1) is 6.04 Å². The van der Waals surface area contributed by atoms with Crippen molar-refractivity contribution in [2.45, 2.75) is 50.7 Å². The molecular weight excluding hydrogens is 188 g/mol. The molecule has 0 spiro atoms. The van der Waals surface area contributed by atoms with E-state index in [4.69, 9.17) is 15.5 Å². The van der Waals surface area contributed by atoms with Gasteiger partial charge in [0.25, 0.3) is 0 Å². The monoisotopic (exact) mass is 208 g/mol. The molecule has 2 fully saturated rings. The summed E-state index contributed by atoms with van der Waals surface area (Å²) < 4.78 is 6.00. The molecule has 3 heteroatoms. The van der Waals surface area contributed by atoms with Crippen LogP contribution in [0.5, 0.6) is 0 Å². The molecule has 0 aromatic heterocycles. The third-order valence-electron chi connectivity index (χ3n) is 4.22. The molecule has 2 aliphatic carbocycles. The Bertz CT molecular complexity index is 273. The van der Waals surface area contributed by atoms with Crippen molar-refractivity contribution in [2.24, 2.45) is 22.6 Å². The van der Waals surface area contributed by atoms with Gasteiger partial charge in [0.1, 0.15) is 6.10 Å². The first-order valence-corrected chi connectivity index (χ1v) is 6.31. The summed E-state index contributed by atoms with van der Waals surface area (Å²) >= 11 is 0. The van der Waals surface area contributed by atoms with Crippen molar-refractivity contribution in [3.8, 4) is 0 Å². The van der Waals surface area contributed by atoms with Crippen molar-refractivity contribution < 1.29 is 4.74 Å². The van der Waals surface area contributed by atoms with Gasteiger partial charge in [0.2, 0.25) is 0 Å². The van der Waals surface area contributed by atoms with E-state index in [0.717, 1.165) is 18.9 Å². The van der Waals surface area contributed by atoms with Gasteiger partial charge in [-0.1, -0.05) is 6.42 Å². The number of hydrogen-bond donors (Lipinski definition) is 1. The number of fused-ring (bicyclic) bond motifs is 1. The quantitative estimate of drug-likeness (QED) is 0.751. The SMILES string of the molecule is NCC1CCC2N=C(C3CCC3)OC2C1. The number of hydrogen-bond acceptors (Lipinski definition) is 3. The zero-order chi connectivity index (χ0) is 10.3. The first-order valence-electron chi connectivity index (χ1n) is 6.31. The number of nitrogens with zero attached hydrogens (tertiary/aromatic N) is 1. The third-order valence-corrected chi connectivity index (χ3v) is 4.22. The van der Waals surface area contributed by atoms with Crippen LogP contribution >= 0.6 is 0 Å². The van der Waals surface area contributed by atoms with Gasteiger partial charge >= 0.3 is 0 Å². The molecule has 0 saturated heterocycles. The van der Waals surface area contributed by atoms with Gasteiger partial charge in [0.15, 0.2) is 5.90 Å². The van der Waals surface area contributed by atoms with Crippen molar-refractivity contribution >= 4 is 5.90 Å². The van der Waals surface area contributed by atoms with Gasteiger partial charge in [-0.3, -0.25) is 0 Å². The molecule has 3 rings (SSSR count). The molecule has 84 valence electrons. The largest absolute Gasteiger partial charge is 0.475 e. The maximum absolute atomic E-state index is 6.00. The molecule has 0 bridgehead atoms. The van der Waals surface area contributed by atoms with Gasteiger partial charge in [-0.25, -0.2) is 4.99 Å². The number of aliphatic imine (C=N–C) groups is 1. The molecule has 3 aliphatic rings. The summed E-state index contributed by atoms with van der Waals surface area (Å²) in [4.78, 5) is 4.75. The van der Waals surface area contributed by atoms with E-state index in [0.29, 0.717) is 24.0 Å². The fraction of sp³-hybridized carbons (Fsp3) is 0.917. The fourth-order valence-electron chi connectivity index (χ4n) is 2.89. The summed E-state index contributed by atoms with van der Waals surface area (Å²) in [5, 5.41) is 0. The average molecular weight is 208 g/mol. The molecule has 0 aromatic rings. The van der Waals surface area contributed by atoms with Crippen LogP contribution in [0, 0.1) is 11.8 Å². The Labute approximate surface area is 91.1 Å². The molecule has 0 radical (unpaired) electrons. The van der Waals surface area contributed by atoms with E-state index < -0.39 is 0 Å². The summed E-state index contributed by atoms with van der Waals surface area (Å²) in [6.45, 7) is 0.811. The zero-order valence-electron chi connectivity index (χ0n) is 9.19. The Kier molecular flexibility index (Phi) is 2.43. The maximum Gasteiger partial charge on any atom is 0.187 e. The predicted octanol–water partition coefficient (Wildman–Crippen LogP) is 1.71. The Hall–Kier alpha value is -0.570. The van der Waals surface area contributed by atoms with Crippen molar-refractivity contribution in [3.63, 3.8) is 0 Å². The van der Waals surface area contributed by atoms with Gasteiger partial charge in [-0.15, -0.1) is 0 Å². The van der Waals surface area contributed by atoms with Crippen LogP contribution in [0.2, 0.25) is 0 Å². The lowest BCUT2D eigenvalue weighted by atomic mass is 9.84. The standard InChI is InChI=1S/C12H20N2O/c13-7-8-4-5-10-11(6-8)15-12(14-10)9-2-1-3-9/h8-11H,1-7,13H2. The Morgan fingerprint density at radius 3 is 2.80 bits per heavy atom. The minimum atomic E-state index is 0.364. The molecule has 3 nitrogen and oxygen atoms in total. The molecule has 2 N–H and O–H groups in total. The number of ether oxygens (including phenoxy) is 1. The molecule has 3 unspecified atom stereocenters. The minimum absolute atomic E-state index is 0.364. The lowest BCUT2D eigenvalue weighted by Crippen LogP contribution is -2.34. The van der Waals surface area contributed by atoms with Crippen molar-refractivity contribution in [3.05, 3.63) is 0 Å². The van der Waals surface area contributed by atoms with Crippen molar-refractivity contribution in [1.82, 2.24) is 0 Å². The maximum atomic E-state index is 6.00. The fourth-order valence-corrected chi connectivity index (χ4v) is 2.89.